The van der Waals surface area contributed by atoms with E-state index in [0.29, 0.717) is 11.1 Å². The Bertz CT molecular complexity index is 732. The van der Waals surface area contributed by atoms with Gasteiger partial charge in [-0.25, -0.2) is 9.37 Å². The van der Waals surface area contributed by atoms with E-state index < -0.39 is 11.9 Å². The number of nitrogens with zero attached hydrogens (tertiary/aromatic N) is 1. The lowest BCUT2D eigenvalue weighted by atomic mass is 10.1. The van der Waals surface area contributed by atoms with E-state index in [4.69, 9.17) is 0 Å². The minimum atomic E-state index is -0.759. The van der Waals surface area contributed by atoms with Crippen LogP contribution in [0.2, 0.25) is 0 Å². The molecule has 0 radical (unpaired) electrons. The first kappa shape index (κ1) is 16.4. The van der Waals surface area contributed by atoms with Crippen LogP contribution >= 0.6 is 0 Å². The van der Waals surface area contributed by atoms with E-state index in [9.17, 15) is 19.1 Å². The Morgan fingerprint density at radius 2 is 1.87 bits per heavy atom. The average Bonchev–Trinajstić information content (AvgIpc) is 2.54. The number of amides is 2. The van der Waals surface area contributed by atoms with Crippen LogP contribution in [0.1, 0.15) is 17.4 Å². The molecule has 0 bridgehead atoms. The van der Waals surface area contributed by atoms with Gasteiger partial charge in [0.05, 0.1) is 0 Å². The van der Waals surface area contributed by atoms with Crippen LogP contribution < -0.4 is 10.6 Å². The largest absolute Gasteiger partial charge is 0.505 e. The average molecular weight is 317 g/mol. The lowest BCUT2D eigenvalue weighted by molar-refractivity contribution is -0.122. The highest BCUT2D eigenvalue weighted by molar-refractivity contribution is 5.98. The smallest absolute Gasteiger partial charge is 0.274 e. The lowest BCUT2D eigenvalue weighted by Crippen LogP contribution is -2.43. The number of likely N-dealkylation sites (N-methyl/N-ethyl adjacent to an activating group) is 1. The number of nitrogens with one attached hydrogen (secondary N) is 2. The number of aromatic hydroxyl groups is 1. The Morgan fingerprint density at radius 1 is 1.22 bits per heavy atom. The zero-order valence-electron chi connectivity index (χ0n) is 12.6. The van der Waals surface area contributed by atoms with Crippen molar-refractivity contribution >= 4 is 11.8 Å². The van der Waals surface area contributed by atoms with Crippen molar-refractivity contribution in [3.8, 4) is 16.9 Å². The van der Waals surface area contributed by atoms with Crippen molar-refractivity contribution in [2.24, 2.45) is 0 Å². The number of hydrogen-bond acceptors (Lipinski definition) is 4. The molecule has 1 atom stereocenters. The van der Waals surface area contributed by atoms with Gasteiger partial charge < -0.3 is 15.7 Å². The second-order valence-corrected chi connectivity index (χ2v) is 4.91. The third kappa shape index (κ3) is 3.82. The summed E-state index contributed by atoms with van der Waals surface area (Å²) >= 11 is 0. The first-order valence-electron chi connectivity index (χ1n) is 6.89. The highest BCUT2D eigenvalue weighted by atomic mass is 19.1. The molecular weight excluding hydrogens is 301 g/mol. The van der Waals surface area contributed by atoms with Crippen molar-refractivity contribution in [3.63, 3.8) is 0 Å². The van der Waals surface area contributed by atoms with Crippen molar-refractivity contribution in [1.82, 2.24) is 15.6 Å². The van der Waals surface area contributed by atoms with Gasteiger partial charge in [-0.15, -0.1) is 0 Å². The number of halogens is 1. The summed E-state index contributed by atoms with van der Waals surface area (Å²) < 4.78 is 12.9. The summed E-state index contributed by atoms with van der Waals surface area (Å²) in [7, 11) is 1.46. The highest BCUT2D eigenvalue weighted by Crippen LogP contribution is 2.24. The predicted molar refractivity (Wildman–Crippen MR) is 82.3 cm³/mol. The third-order valence-electron chi connectivity index (χ3n) is 3.25. The molecule has 120 valence electrons. The second-order valence-electron chi connectivity index (χ2n) is 4.91. The maximum Gasteiger partial charge on any atom is 0.274 e. The standard InChI is InChI=1S/C16H16FN3O3/c1-9(15(22)18-2)20-16(23)14-13(21)7-11(8-19-14)10-3-5-12(17)6-4-10/h3-9,21H,1-2H3,(H,18,22)(H,20,23). The molecule has 3 N–H and O–H groups in total. The molecule has 0 saturated carbocycles. The molecule has 0 aliphatic heterocycles. The molecule has 1 unspecified atom stereocenters. The number of pyridine rings is 1. The minimum absolute atomic E-state index is 0.188. The summed E-state index contributed by atoms with van der Waals surface area (Å²) in [6.45, 7) is 1.51. The van der Waals surface area contributed by atoms with Crippen LogP contribution in [0.5, 0.6) is 5.75 Å². The molecule has 0 aliphatic carbocycles. The van der Waals surface area contributed by atoms with Gasteiger partial charge in [0.2, 0.25) is 5.91 Å². The second kappa shape index (κ2) is 6.87. The number of carbonyl (C=O) groups is 2. The Labute approximate surface area is 132 Å². The molecule has 0 aliphatic rings. The maximum atomic E-state index is 12.9. The summed E-state index contributed by atoms with van der Waals surface area (Å²) in [4.78, 5) is 27.3. The fraction of sp³-hybridized carbons (Fsp3) is 0.188. The van der Waals surface area contributed by atoms with Gasteiger partial charge in [-0.05, 0) is 30.7 Å². The van der Waals surface area contributed by atoms with Gasteiger partial charge in [-0.3, -0.25) is 9.59 Å². The van der Waals surface area contributed by atoms with Gasteiger partial charge in [0.1, 0.15) is 17.6 Å². The monoisotopic (exact) mass is 317 g/mol. The first-order chi connectivity index (χ1) is 10.9. The minimum Gasteiger partial charge on any atom is -0.505 e. The highest BCUT2D eigenvalue weighted by Gasteiger charge is 2.19. The zero-order valence-corrected chi connectivity index (χ0v) is 12.6. The molecule has 1 aromatic heterocycles. The summed E-state index contributed by atoms with van der Waals surface area (Å²) in [5.74, 6) is -1.72. The van der Waals surface area contributed by atoms with Crippen molar-refractivity contribution < 1.29 is 19.1 Å². The molecule has 0 saturated heterocycles. The van der Waals surface area contributed by atoms with E-state index in [2.05, 4.69) is 15.6 Å². The number of aromatic nitrogens is 1. The van der Waals surface area contributed by atoms with Gasteiger partial charge in [-0.2, -0.15) is 0 Å². The molecule has 23 heavy (non-hydrogen) atoms. The van der Waals surface area contributed by atoms with E-state index in [1.807, 2.05) is 0 Å². The Hall–Kier alpha value is -2.96. The topological polar surface area (TPSA) is 91.3 Å². The van der Waals surface area contributed by atoms with Gasteiger partial charge in [0, 0.05) is 18.8 Å². The predicted octanol–water partition coefficient (Wildman–Crippen LogP) is 1.46. The van der Waals surface area contributed by atoms with E-state index in [1.165, 1.54) is 38.4 Å². The number of carbonyl (C=O) groups excluding carboxylic acids is 2. The van der Waals surface area contributed by atoms with Gasteiger partial charge in [0.25, 0.3) is 5.91 Å². The van der Waals surface area contributed by atoms with Crippen LogP contribution in [-0.4, -0.2) is 35.0 Å². The maximum absolute atomic E-state index is 12.9. The van der Waals surface area contributed by atoms with Gasteiger partial charge in [0.15, 0.2) is 5.69 Å². The normalized spacial score (nSPS) is 11.6. The van der Waals surface area contributed by atoms with Crippen molar-refractivity contribution in [3.05, 3.63) is 48.0 Å². The summed E-state index contributed by atoms with van der Waals surface area (Å²) in [6, 6.07) is 6.26. The molecular formula is C16H16FN3O3. The van der Waals surface area contributed by atoms with Crippen molar-refractivity contribution in [1.29, 1.82) is 0 Å². The molecule has 2 amide bonds. The Morgan fingerprint density at radius 3 is 2.43 bits per heavy atom. The number of hydrogen-bond donors (Lipinski definition) is 3. The van der Waals surface area contributed by atoms with Gasteiger partial charge >= 0.3 is 0 Å². The van der Waals surface area contributed by atoms with E-state index in [1.54, 1.807) is 12.1 Å². The van der Waals surface area contributed by atoms with Gasteiger partial charge in [-0.1, -0.05) is 12.1 Å². The first-order valence-corrected chi connectivity index (χ1v) is 6.89. The summed E-state index contributed by atoms with van der Waals surface area (Å²) in [5.41, 5.74) is 1.00. The van der Waals surface area contributed by atoms with Crippen molar-refractivity contribution in [2.75, 3.05) is 7.05 Å². The van der Waals surface area contributed by atoms with Crippen LogP contribution in [0, 0.1) is 5.82 Å². The molecule has 0 fully saturated rings. The Balaban J connectivity index is 2.20. The van der Waals surface area contributed by atoms with E-state index in [-0.39, 0.29) is 23.2 Å². The summed E-state index contributed by atoms with van der Waals surface area (Å²) in [5, 5.41) is 14.8. The molecule has 1 heterocycles. The van der Waals surface area contributed by atoms with Crippen LogP contribution in [-0.2, 0) is 4.79 Å². The molecule has 6 nitrogen and oxygen atoms in total. The molecule has 2 rings (SSSR count). The molecule has 2 aromatic rings. The molecule has 0 spiro atoms. The molecule has 7 heteroatoms. The van der Waals surface area contributed by atoms with E-state index >= 15 is 0 Å². The SMILES string of the molecule is CNC(=O)C(C)NC(=O)c1ncc(-c2ccc(F)cc2)cc1O. The van der Waals surface area contributed by atoms with Crippen molar-refractivity contribution in [2.45, 2.75) is 13.0 Å². The Kier molecular flexibility index (Phi) is 4.90. The lowest BCUT2D eigenvalue weighted by Gasteiger charge is -2.12. The fourth-order valence-corrected chi connectivity index (χ4v) is 1.98. The van der Waals surface area contributed by atoms with Crippen LogP contribution in [0.4, 0.5) is 4.39 Å². The zero-order chi connectivity index (χ0) is 17.0. The number of rotatable bonds is 4. The van der Waals surface area contributed by atoms with E-state index in [0.717, 1.165) is 0 Å². The number of benzene rings is 1. The van der Waals surface area contributed by atoms with Crippen LogP contribution in [0.25, 0.3) is 11.1 Å². The third-order valence-corrected chi connectivity index (χ3v) is 3.25. The van der Waals surface area contributed by atoms with Crippen LogP contribution in [0.3, 0.4) is 0 Å². The van der Waals surface area contributed by atoms with Crippen LogP contribution in [0.15, 0.2) is 36.5 Å². The fourth-order valence-electron chi connectivity index (χ4n) is 1.98. The quantitative estimate of drug-likeness (QED) is 0.796. The molecule has 1 aromatic carbocycles. The summed E-state index contributed by atoms with van der Waals surface area (Å²) in [6.07, 6.45) is 1.40.